The fourth-order valence-corrected chi connectivity index (χ4v) is 3.18. The summed E-state index contributed by atoms with van der Waals surface area (Å²) in [6.45, 7) is 5.68. The summed E-state index contributed by atoms with van der Waals surface area (Å²) in [4.78, 5) is 18.6. The Morgan fingerprint density at radius 1 is 1.43 bits per heavy atom. The number of likely N-dealkylation sites (tertiary alicyclic amines) is 1. The SMILES string of the molecule is CCc1ccc([C@H]2C[C@H](C)CCN2C(=O)CCn2cncn2)o1. The van der Waals surface area contributed by atoms with Gasteiger partial charge in [-0.2, -0.15) is 5.10 Å². The lowest BCUT2D eigenvalue weighted by molar-refractivity contribution is -0.136. The highest BCUT2D eigenvalue weighted by atomic mass is 16.3. The second-order valence-electron chi connectivity index (χ2n) is 6.30. The van der Waals surface area contributed by atoms with Gasteiger partial charge in [0.25, 0.3) is 0 Å². The van der Waals surface area contributed by atoms with Crippen molar-refractivity contribution in [2.45, 2.75) is 52.1 Å². The Bertz CT molecular complexity index is 635. The number of amides is 1. The smallest absolute Gasteiger partial charge is 0.225 e. The first kappa shape index (κ1) is 15.8. The van der Waals surface area contributed by atoms with Gasteiger partial charge in [-0.25, -0.2) is 4.98 Å². The van der Waals surface area contributed by atoms with Gasteiger partial charge in [-0.05, 0) is 30.9 Å². The predicted octanol–water partition coefficient (Wildman–Crippen LogP) is 2.82. The van der Waals surface area contributed by atoms with Gasteiger partial charge < -0.3 is 9.32 Å². The van der Waals surface area contributed by atoms with Crippen LogP contribution in [0, 0.1) is 5.92 Å². The van der Waals surface area contributed by atoms with Crippen molar-refractivity contribution in [3.8, 4) is 0 Å². The lowest BCUT2D eigenvalue weighted by Crippen LogP contribution is -2.40. The van der Waals surface area contributed by atoms with Gasteiger partial charge in [0, 0.05) is 19.4 Å². The zero-order chi connectivity index (χ0) is 16.2. The van der Waals surface area contributed by atoms with Crippen LogP contribution in [0.25, 0.3) is 0 Å². The van der Waals surface area contributed by atoms with Crippen molar-refractivity contribution < 1.29 is 9.21 Å². The van der Waals surface area contributed by atoms with Gasteiger partial charge in [0.05, 0.1) is 12.6 Å². The number of aromatic nitrogens is 3. The minimum absolute atomic E-state index is 0.0577. The molecule has 2 aromatic heterocycles. The fraction of sp³-hybridized carbons (Fsp3) is 0.588. The molecule has 124 valence electrons. The summed E-state index contributed by atoms with van der Waals surface area (Å²) in [5, 5.41) is 4.05. The third kappa shape index (κ3) is 3.63. The van der Waals surface area contributed by atoms with E-state index in [-0.39, 0.29) is 11.9 Å². The van der Waals surface area contributed by atoms with Crippen LogP contribution < -0.4 is 0 Å². The number of rotatable bonds is 5. The summed E-state index contributed by atoms with van der Waals surface area (Å²) in [5.74, 6) is 2.66. The van der Waals surface area contributed by atoms with Crippen molar-refractivity contribution in [1.29, 1.82) is 0 Å². The normalized spacial score (nSPS) is 21.6. The maximum Gasteiger partial charge on any atom is 0.225 e. The molecule has 2 atom stereocenters. The van der Waals surface area contributed by atoms with Gasteiger partial charge in [0.15, 0.2) is 0 Å². The number of carbonyl (C=O) groups excluding carboxylic acids is 1. The van der Waals surface area contributed by atoms with Gasteiger partial charge in [-0.3, -0.25) is 9.48 Å². The number of hydrogen-bond acceptors (Lipinski definition) is 4. The van der Waals surface area contributed by atoms with Crippen LogP contribution in [0.5, 0.6) is 0 Å². The molecule has 0 unspecified atom stereocenters. The van der Waals surface area contributed by atoms with E-state index < -0.39 is 0 Å². The van der Waals surface area contributed by atoms with E-state index in [1.54, 1.807) is 11.0 Å². The van der Waals surface area contributed by atoms with Crippen LogP contribution in [0.3, 0.4) is 0 Å². The molecular weight excluding hydrogens is 292 g/mol. The number of furan rings is 1. The van der Waals surface area contributed by atoms with Gasteiger partial charge in [0.1, 0.15) is 24.2 Å². The molecule has 0 saturated carbocycles. The van der Waals surface area contributed by atoms with E-state index in [9.17, 15) is 4.79 Å². The molecule has 2 aromatic rings. The highest BCUT2D eigenvalue weighted by molar-refractivity contribution is 5.76. The van der Waals surface area contributed by atoms with E-state index in [1.807, 2.05) is 17.0 Å². The van der Waals surface area contributed by atoms with E-state index in [2.05, 4.69) is 23.9 Å². The first-order valence-electron chi connectivity index (χ1n) is 8.38. The third-order valence-corrected chi connectivity index (χ3v) is 4.57. The average Bonchev–Trinajstić information content (AvgIpc) is 3.23. The molecule has 1 aliphatic rings. The van der Waals surface area contributed by atoms with Gasteiger partial charge in [-0.1, -0.05) is 13.8 Å². The van der Waals surface area contributed by atoms with E-state index in [0.29, 0.717) is 18.9 Å². The van der Waals surface area contributed by atoms with E-state index >= 15 is 0 Å². The van der Waals surface area contributed by atoms with Crippen LogP contribution >= 0.6 is 0 Å². The topological polar surface area (TPSA) is 64.2 Å². The Morgan fingerprint density at radius 2 is 2.30 bits per heavy atom. The molecule has 3 heterocycles. The molecule has 1 amide bonds. The highest BCUT2D eigenvalue weighted by Crippen LogP contribution is 2.35. The molecule has 0 spiro atoms. The van der Waals surface area contributed by atoms with Gasteiger partial charge in [0.2, 0.25) is 5.91 Å². The summed E-state index contributed by atoms with van der Waals surface area (Å²) in [6, 6.07) is 4.11. The number of nitrogens with zero attached hydrogens (tertiary/aromatic N) is 4. The molecule has 0 bridgehead atoms. The zero-order valence-corrected chi connectivity index (χ0v) is 13.8. The highest BCUT2D eigenvalue weighted by Gasteiger charge is 2.32. The largest absolute Gasteiger partial charge is 0.464 e. The maximum atomic E-state index is 12.7. The summed E-state index contributed by atoms with van der Waals surface area (Å²) < 4.78 is 7.63. The van der Waals surface area contributed by atoms with E-state index in [4.69, 9.17) is 4.42 Å². The lowest BCUT2D eigenvalue weighted by Gasteiger charge is -2.37. The summed E-state index contributed by atoms with van der Waals surface area (Å²) >= 11 is 0. The molecule has 0 aliphatic carbocycles. The number of hydrogen-bond donors (Lipinski definition) is 0. The standard InChI is InChI=1S/C17H24N4O2/c1-3-14-4-5-16(23-14)15-10-13(2)6-9-21(15)17(22)7-8-20-12-18-11-19-20/h4-5,11-13,15H,3,6-10H2,1-2H3/t13-,15-/m1/s1. The Balaban J connectivity index is 1.70. The number of aryl methyl sites for hydroxylation is 2. The molecule has 1 fully saturated rings. The van der Waals surface area contributed by atoms with Crippen molar-refractivity contribution in [1.82, 2.24) is 19.7 Å². The second kappa shape index (κ2) is 6.98. The molecule has 1 aliphatic heterocycles. The lowest BCUT2D eigenvalue weighted by atomic mass is 9.91. The molecule has 3 rings (SSSR count). The molecule has 1 saturated heterocycles. The predicted molar refractivity (Wildman–Crippen MR) is 85.6 cm³/mol. The molecule has 6 nitrogen and oxygen atoms in total. The van der Waals surface area contributed by atoms with Crippen LogP contribution in [-0.2, 0) is 17.8 Å². The molecular formula is C17H24N4O2. The van der Waals surface area contributed by atoms with Crippen LogP contribution in [-0.4, -0.2) is 32.1 Å². The quantitative estimate of drug-likeness (QED) is 0.851. The maximum absolute atomic E-state index is 12.7. The Kier molecular flexibility index (Phi) is 4.79. The molecule has 0 aromatic carbocycles. The Labute approximate surface area is 136 Å². The minimum atomic E-state index is 0.0577. The number of piperidine rings is 1. The second-order valence-corrected chi connectivity index (χ2v) is 6.30. The number of carbonyl (C=O) groups is 1. The monoisotopic (exact) mass is 316 g/mol. The first-order chi connectivity index (χ1) is 11.2. The van der Waals surface area contributed by atoms with Crippen molar-refractivity contribution in [2.24, 2.45) is 5.92 Å². The van der Waals surface area contributed by atoms with Crippen molar-refractivity contribution in [3.63, 3.8) is 0 Å². The third-order valence-electron chi connectivity index (χ3n) is 4.57. The van der Waals surface area contributed by atoms with Crippen LogP contribution in [0.15, 0.2) is 29.2 Å². The van der Waals surface area contributed by atoms with Crippen molar-refractivity contribution in [2.75, 3.05) is 6.54 Å². The summed E-state index contributed by atoms with van der Waals surface area (Å²) in [7, 11) is 0. The van der Waals surface area contributed by atoms with Crippen LogP contribution in [0.1, 0.15) is 50.7 Å². The van der Waals surface area contributed by atoms with Gasteiger partial charge >= 0.3 is 0 Å². The van der Waals surface area contributed by atoms with Crippen LogP contribution in [0.2, 0.25) is 0 Å². The average molecular weight is 316 g/mol. The van der Waals surface area contributed by atoms with Crippen molar-refractivity contribution >= 4 is 5.91 Å². The van der Waals surface area contributed by atoms with E-state index in [1.165, 1.54) is 6.33 Å². The molecule has 6 heteroatoms. The Morgan fingerprint density at radius 3 is 3.00 bits per heavy atom. The van der Waals surface area contributed by atoms with Crippen molar-refractivity contribution in [3.05, 3.63) is 36.3 Å². The fourth-order valence-electron chi connectivity index (χ4n) is 3.18. The van der Waals surface area contributed by atoms with Crippen LogP contribution in [0.4, 0.5) is 0 Å². The van der Waals surface area contributed by atoms with E-state index in [0.717, 1.165) is 37.3 Å². The minimum Gasteiger partial charge on any atom is -0.464 e. The molecule has 0 N–H and O–H groups in total. The summed E-state index contributed by atoms with van der Waals surface area (Å²) in [5.41, 5.74) is 0. The Hall–Kier alpha value is -2.11. The molecule has 23 heavy (non-hydrogen) atoms. The molecule has 0 radical (unpaired) electrons. The first-order valence-corrected chi connectivity index (χ1v) is 8.38. The van der Waals surface area contributed by atoms with Gasteiger partial charge in [-0.15, -0.1) is 0 Å². The summed E-state index contributed by atoms with van der Waals surface area (Å²) in [6.07, 6.45) is 6.46. The zero-order valence-electron chi connectivity index (χ0n) is 13.8.